The molecular formula is C16H26N4O. The number of hydrogen-bond acceptors (Lipinski definition) is 4. The summed E-state index contributed by atoms with van der Waals surface area (Å²) >= 11 is 0. The first-order valence-corrected chi connectivity index (χ1v) is 7.73. The topological polar surface area (TPSA) is 48.5 Å². The summed E-state index contributed by atoms with van der Waals surface area (Å²) in [5.74, 6) is 0.774. The van der Waals surface area contributed by atoms with Gasteiger partial charge < -0.3 is 15.1 Å². The number of pyridine rings is 1. The van der Waals surface area contributed by atoms with Crippen LogP contribution in [-0.2, 0) is 0 Å². The predicted octanol–water partition coefficient (Wildman–Crippen LogP) is 1.75. The summed E-state index contributed by atoms with van der Waals surface area (Å²) in [4.78, 5) is 20.9. The van der Waals surface area contributed by atoms with Gasteiger partial charge in [0, 0.05) is 38.4 Å². The second-order valence-electron chi connectivity index (χ2n) is 6.03. The molecule has 1 N–H and O–H groups in total. The zero-order valence-electron chi connectivity index (χ0n) is 13.3. The van der Waals surface area contributed by atoms with Crippen LogP contribution in [0, 0.1) is 0 Å². The lowest BCUT2D eigenvalue weighted by molar-refractivity contribution is 0.0925. The molecule has 0 radical (unpaired) electrons. The Morgan fingerprint density at radius 1 is 1.38 bits per heavy atom. The molecule has 1 aromatic heterocycles. The smallest absolute Gasteiger partial charge is 0.251 e. The molecule has 0 aliphatic carbocycles. The van der Waals surface area contributed by atoms with Crippen molar-refractivity contribution in [3.05, 3.63) is 23.9 Å². The van der Waals surface area contributed by atoms with Crippen molar-refractivity contribution >= 4 is 11.7 Å². The minimum atomic E-state index is -0.0231. The molecule has 1 atom stereocenters. The van der Waals surface area contributed by atoms with E-state index >= 15 is 0 Å². The van der Waals surface area contributed by atoms with E-state index in [1.807, 2.05) is 25.1 Å². The maximum absolute atomic E-state index is 12.3. The van der Waals surface area contributed by atoms with Gasteiger partial charge in [-0.15, -0.1) is 0 Å². The summed E-state index contributed by atoms with van der Waals surface area (Å²) in [7, 11) is 3.84. The zero-order valence-corrected chi connectivity index (χ0v) is 13.3. The summed E-state index contributed by atoms with van der Waals surface area (Å²) in [6.45, 7) is 5.30. The summed E-state index contributed by atoms with van der Waals surface area (Å²) in [6, 6.07) is 3.74. The van der Waals surface area contributed by atoms with Gasteiger partial charge >= 0.3 is 0 Å². The van der Waals surface area contributed by atoms with E-state index in [1.165, 1.54) is 19.3 Å². The molecule has 0 aromatic carbocycles. The molecule has 1 amide bonds. The van der Waals surface area contributed by atoms with Gasteiger partial charge in [0.15, 0.2) is 0 Å². The Kier molecular flexibility index (Phi) is 5.56. The highest BCUT2D eigenvalue weighted by Crippen LogP contribution is 2.11. The number of nitrogens with one attached hydrogen (secondary N) is 1. The van der Waals surface area contributed by atoms with Crippen LogP contribution in [-0.4, -0.2) is 55.6 Å². The number of anilines is 1. The second kappa shape index (κ2) is 7.41. The lowest BCUT2D eigenvalue weighted by atomic mass is 10.1. The molecule has 5 heteroatoms. The number of nitrogens with zero attached hydrogens (tertiary/aromatic N) is 3. The fourth-order valence-electron chi connectivity index (χ4n) is 2.69. The van der Waals surface area contributed by atoms with E-state index in [0.717, 1.165) is 25.5 Å². The summed E-state index contributed by atoms with van der Waals surface area (Å²) < 4.78 is 0. The van der Waals surface area contributed by atoms with Crippen LogP contribution in [0.15, 0.2) is 18.3 Å². The first-order chi connectivity index (χ1) is 10.1. The third-order valence-electron chi connectivity index (χ3n) is 3.82. The van der Waals surface area contributed by atoms with Crippen LogP contribution < -0.4 is 10.2 Å². The molecule has 2 rings (SSSR count). The number of piperidine rings is 1. The maximum atomic E-state index is 12.3. The summed E-state index contributed by atoms with van der Waals surface area (Å²) in [5, 5.41) is 3.08. The number of likely N-dealkylation sites (tertiary alicyclic amines) is 1. The molecule has 1 saturated heterocycles. The highest BCUT2D eigenvalue weighted by molar-refractivity contribution is 5.95. The minimum absolute atomic E-state index is 0.0231. The van der Waals surface area contributed by atoms with E-state index in [0.29, 0.717) is 5.56 Å². The predicted molar refractivity (Wildman–Crippen MR) is 85.8 cm³/mol. The molecule has 1 fully saturated rings. The summed E-state index contributed by atoms with van der Waals surface area (Å²) in [5.41, 5.74) is 0.666. The van der Waals surface area contributed by atoms with Crippen LogP contribution in [0.5, 0.6) is 0 Å². The number of aromatic nitrogens is 1. The molecule has 21 heavy (non-hydrogen) atoms. The van der Waals surface area contributed by atoms with Crippen molar-refractivity contribution in [3.63, 3.8) is 0 Å². The Morgan fingerprint density at radius 2 is 2.10 bits per heavy atom. The van der Waals surface area contributed by atoms with Gasteiger partial charge in [0.2, 0.25) is 0 Å². The molecule has 1 unspecified atom stereocenters. The van der Waals surface area contributed by atoms with Crippen molar-refractivity contribution < 1.29 is 4.79 Å². The molecule has 0 saturated carbocycles. The van der Waals surface area contributed by atoms with E-state index in [4.69, 9.17) is 0 Å². The zero-order chi connectivity index (χ0) is 15.2. The highest BCUT2D eigenvalue weighted by Gasteiger charge is 2.16. The van der Waals surface area contributed by atoms with Crippen LogP contribution in [0.3, 0.4) is 0 Å². The molecule has 1 aliphatic heterocycles. The van der Waals surface area contributed by atoms with E-state index in [2.05, 4.69) is 22.1 Å². The molecule has 5 nitrogen and oxygen atoms in total. The number of hydrogen-bond donors (Lipinski definition) is 1. The summed E-state index contributed by atoms with van der Waals surface area (Å²) in [6.07, 6.45) is 5.57. The van der Waals surface area contributed by atoms with Gasteiger partial charge in [0.05, 0.1) is 0 Å². The lowest BCUT2D eigenvalue weighted by Gasteiger charge is -2.29. The van der Waals surface area contributed by atoms with Crippen LogP contribution in [0.1, 0.15) is 36.5 Å². The van der Waals surface area contributed by atoms with Crippen molar-refractivity contribution in [2.75, 3.05) is 38.6 Å². The van der Waals surface area contributed by atoms with Crippen molar-refractivity contribution in [2.24, 2.45) is 0 Å². The molecule has 1 aromatic rings. The van der Waals surface area contributed by atoms with Gasteiger partial charge in [-0.05, 0) is 45.0 Å². The number of carbonyl (C=O) groups excluding carboxylic acids is 1. The maximum Gasteiger partial charge on any atom is 0.251 e. The third kappa shape index (κ3) is 4.70. The van der Waals surface area contributed by atoms with Gasteiger partial charge in [-0.2, -0.15) is 0 Å². The van der Waals surface area contributed by atoms with Crippen molar-refractivity contribution in [1.29, 1.82) is 0 Å². The molecule has 2 heterocycles. The normalized spacial score (nSPS) is 17.3. The Labute approximate surface area is 127 Å². The van der Waals surface area contributed by atoms with Gasteiger partial charge in [-0.3, -0.25) is 4.79 Å². The molecular weight excluding hydrogens is 264 g/mol. The molecule has 0 bridgehead atoms. The second-order valence-corrected chi connectivity index (χ2v) is 6.03. The van der Waals surface area contributed by atoms with Gasteiger partial charge in [0.25, 0.3) is 5.91 Å². The SMILES string of the molecule is CC(CN1CCCCC1)NC(=O)c1ccnc(N(C)C)c1. The van der Waals surface area contributed by atoms with Crippen molar-refractivity contribution in [1.82, 2.24) is 15.2 Å². The Bertz CT molecular complexity index is 469. The van der Waals surface area contributed by atoms with E-state index in [-0.39, 0.29) is 11.9 Å². The first kappa shape index (κ1) is 15.8. The Morgan fingerprint density at radius 3 is 2.76 bits per heavy atom. The lowest BCUT2D eigenvalue weighted by Crippen LogP contribution is -2.43. The largest absolute Gasteiger partial charge is 0.363 e. The fraction of sp³-hybridized carbons (Fsp3) is 0.625. The highest BCUT2D eigenvalue weighted by atomic mass is 16.1. The average molecular weight is 290 g/mol. The molecule has 1 aliphatic rings. The monoisotopic (exact) mass is 290 g/mol. The number of carbonyl (C=O) groups is 1. The van der Waals surface area contributed by atoms with E-state index in [1.54, 1.807) is 12.3 Å². The Hall–Kier alpha value is -1.62. The van der Waals surface area contributed by atoms with E-state index in [9.17, 15) is 4.79 Å². The minimum Gasteiger partial charge on any atom is -0.363 e. The van der Waals surface area contributed by atoms with E-state index < -0.39 is 0 Å². The van der Waals surface area contributed by atoms with Crippen molar-refractivity contribution in [3.8, 4) is 0 Å². The first-order valence-electron chi connectivity index (χ1n) is 7.73. The van der Waals surface area contributed by atoms with Gasteiger partial charge in [-0.1, -0.05) is 6.42 Å². The third-order valence-corrected chi connectivity index (χ3v) is 3.82. The van der Waals surface area contributed by atoms with Gasteiger partial charge in [0.1, 0.15) is 5.82 Å². The standard InChI is InChI=1S/C16H26N4O/c1-13(12-20-9-5-4-6-10-20)18-16(21)14-7-8-17-15(11-14)19(2)3/h7-8,11,13H,4-6,9-10,12H2,1-3H3,(H,18,21). The van der Waals surface area contributed by atoms with Gasteiger partial charge in [-0.25, -0.2) is 4.98 Å². The molecule has 116 valence electrons. The number of amides is 1. The number of rotatable bonds is 5. The quantitative estimate of drug-likeness (QED) is 0.897. The van der Waals surface area contributed by atoms with Crippen LogP contribution >= 0.6 is 0 Å². The van der Waals surface area contributed by atoms with Crippen LogP contribution in [0.4, 0.5) is 5.82 Å². The Balaban J connectivity index is 1.89. The van der Waals surface area contributed by atoms with Crippen molar-refractivity contribution in [2.45, 2.75) is 32.2 Å². The average Bonchev–Trinajstić information content (AvgIpc) is 2.48. The van der Waals surface area contributed by atoms with Crippen LogP contribution in [0.25, 0.3) is 0 Å². The van der Waals surface area contributed by atoms with Crippen LogP contribution in [0.2, 0.25) is 0 Å². The molecule has 0 spiro atoms. The fourth-order valence-corrected chi connectivity index (χ4v) is 2.69.